The molecule has 1 unspecified atom stereocenters. The molecule has 344 valence electrons. The summed E-state index contributed by atoms with van der Waals surface area (Å²) in [6.45, 7) is 14.0. The third-order valence-corrected chi connectivity index (χ3v) is 13.4. The lowest BCUT2D eigenvalue weighted by atomic mass is 9.89. The highest BCUT2D eigenvalue weighted by atomic mass is 19.3. The summed E-state index contributed by atoms with van der Waals surface area (Å²) >= 11 is 0. The van der Waals surface area contributed by atoms with E-state index in [1.54, 1.807) is 12.3 Å². The molecule has 16 nitrogen and oxygen atoms in total. The van der Waals surface area contributed by atoms with Crippen molar-refractivity contribution in [3.05, 3.63) is 125 Å². The summed E-state index contributed by atoms with van der Waals surface area (Å²) in [5.41, 5.74) is 11.2. The molecule has 0 spiro atoms. The van der Waals surface area contributed by atoms with E-state index in [4.69, 9.17) is 34.5 Å². The van der Waals surface area contributed by atoms with Gasteiger partial charge in [0.1, 0.15) is 34.3 Å². The van der Waals surface area contributed by atoms with Crippen molar-refractivity contribution in [1.82, 2.24) is 59.3 Å². The Morgan fingerprint density at radius 3 is 2.04 bits per heavy atom. The van der Waals surface area contributed by atoms with Crippen LogP contribution < -0.4 is 9.80 Å². The number of halogens is 2. The molecule has 2 N–H and O–H groups in total. The molecule has 2 saturated heterocycles. The zero-order chi connectivity index (χ0) is 46.2. The van der Waals surface area contributed by atoms with Crippen LogP contribution in [0.25, 0.3) is 67.1 Å². The maximum absolute atomic E-state index is 14.2. The number of aryl methyl sites for hydroxylation is 3. The number of hydrogen-bond acceptors (Lipinski definition) is 12. The molecule has 12 rings (SSSR count). The maximum Gasteiger partial charge on any atom is 0.265 e. The summed E-state index contributed by atoms with van der Waals surface area (Å²) in [7, 11) is 0. The van der Waals surface area contributed by atoms with Crippen LogP contribution in [-0.2, 0) is 16.0 Å². The Kier molecular flexibility index (Phi) is 10.2. The highest BCUT2D eigenvalue weighted by molar-refractivity contribution is 5.99. The number of H-pyrrole nitrogens is 2. The van der Waals surface area contributed by atoms with Crippen molar-refractivity contribution in [2.75, 3.05) is 62.4 Å². The lowest BCUT2D eigenvalue weighted by molar-refractivity contribution is 0.122. The van der Waals surface area contributed by atoms with Gasteiger partial charge in [0.25, 0.3) is 6.43 Å². The number of alkyl halides is 2. The van der Waals surface area contributed by atoms with Gasteiger partial charge in [0, 0.05) is 66.5 Å². The lowest BCUT2D eigenvalue weighted by Crippen LogP contribution is -2.36. The molecule has 0 saturated carbocycles. The summed E-state index contributed by atoms with van der Waals surface area (Å²) in [5.74, 6) is 4.08. The molecule has 8 aromatic rings. The zero-order valence-electron chi connectivity index (χ0n) is 38.0. The summed E-state index contributed by atoms with van der Waals surface area (Å²) in [6, 6.07) is 15.2. The molecular weight excluding hydrogens is 867 g/mol. The molecule has 3 aliphatic heterocycles. The summed E-state index contributed by atoms with van der Waals surface area (Å²) < 4.78 is 44.1. The first kappa shape index (κ1) is 41.8. The Morgan fingerprint density at radius 1 is 0.735 bits per heavy atom. The van der Waals surface area contributed by atoms with Gasteiger partial charge in [0.15, 0.2) is 11.6 Å². The van der Waals surface area contributed by atoms with Crippen LogP contribution in [0.5, 0.6) is 0 Å². The van der Waals surface area contributed by atoms with Gasteiger partial charge in [-0.15, -0.1) is 0 Å². The second-order valence-corrected chi connectivity index (χ2v) is 17.6. The highest BCUT2D eigenvalue weighted by Crippen LogP contribution is 2.41. The van der Waals surface area contributed by atoms with Gasteiger partial charge >= 0.3 is 0 Å². The van der Waals surface area contributed by atoms with Gasteiger partial charge < -0.3 is 24.2 Å². The molecule has 0 amide bonds. The first-order chi connectivity index (χ1) is 33.2. The van der Waals surface area contributed by atoms with Crippen LogP contribution in [0, 0.1) is 20.8 Å². The van der Waals surface area contributed by atoms with Crippen molar-refractivity contribution in [1.29, 1.82) is 0 Å². The highest BCUT2D eigenvalue weighted by Gasteiger charge is 2.31. The number of rotatable bonds is 9. The van der Waals surface area contributed by atoms with Crippen molar-refractivity contribution in [2.45, 2.75) is 46.7 Å². The third kappa shape index (κ3) is 7.04. The van der Waals surface area contributed by atoms with E-state index >= 15 is 0 Å². The van der Waals surface area contributed by atoms with Gasteiger partial charge in [-0.2, -0.15) is 10.2 Å². The van der Waals surface area contributed by atoms with E-state index in [9.17, 15) is 8.78 Å². The Labute approximate surface area is 389 Å². The predicted octanol–water partition coefficient (Wildman–Crippen LogP) is 8.15. The number of nitrogens with zero attached hydrogens (tertiary/aromatic N) is 12. The van der Waals surface area contributed by atoms with E-state index in [0.717, 1.165) is 80.6 Å². The molecule has 3 aromatic carbocycles. The fraction of sp³-hybridized carbons (Fsp3) is 0.300. The Bertz CT molecular complexity index is 3420. The summed E-state index contributed by atoms with van der Waals surface area (Å²) in [6.07, 6.45) is 9.71. The maximum atomic E-state index is 14.2. The molecule has 8 heterocycles. The Balaban J connectivity index is 0.922. The number of ether oxygens (including phenoxy) is 2. The summed E-state index contributed by atoms with van der Waals surface area (Å²) in [5, 5.41) is 16.3. The first-order valence-corrected chi connectivity index (χ1v) is 22.9. The van der Waals surface area contributed by atoms with Crippen LogP contribution in [0.2, 0.25) is 0 Å². The van der Waals surface area contributed by atoms with Crippen molar-refractivity contribution in [3.63, 3.8) is 0 Å². The third-order valence-electron chi connectivity index (χ3n) is 13.4. The molecule has 4 aliphatic rings. The Morgan fingerprint density at radius 2 is 1.38 bits per heavy atom. The molecule has 0 bridgehead atoms. The normalized spacial score (nSPS) is 17.7. The molecule has 0 radical (unpaired) electrons. The fourth-order valence-corrected chi connectivity index (χ4v) is 10.2. The van der Waals surface area contributed by atoms with Crippen LogP contribution in [0.1, 0.15) is 42.2 Å². The standard InChI is InChI=1S/C50H48F2N14O2/c1-28-7-5-10-39-44(28)40(66-31(4)56-46-36(49-54-29(2)58-60-49)23-32(26-42(46)66)62-15-19-67-20-16-62)12-14-64(39)27-43-57-50(61-59-43)37-24-33(63-17-21-68-22-18-63)25-41-47(37)55-30(3)65(41)38-11-13-53-45-34(38)8-6-9-35(45)48(51)52/h5-14,23-26,39,48H,15-22,27H2,1-4H3,(H,54,58,60)(H,57,59,61). The molecular formula is C50H48F2N14O2. The van der Waals surface area contributed by atoms with E-state index < -0.39 is 6.43 Å². The average molecular weight is 915 g/mol. The molecule has 2 fully saturated rings. The van der Waals surface area contributed by atoms with Gasteiger partial charge in [-0.3, -0.25) is 24.3 Å². The Hall–Kier alpha value is -7.57. The molecule has 18 heteroatoms. The van der Waals surface area contributed by atoms with E-state index in [1.807, 2.05) is 30.5 Å². The lowest BCUT2D eigenvalue weighted by Gasteiger charge is -2.36. The number of fused-ring (bicyclic) bond motifs is 4. The number of imidazole rings is 2. The summed E-state index contributed by atoms with van der Waals surface area (Å²) in [4.78, 5) is 31.5. The van der Waals surface area contributed by atoms with Gasteiger partial charge in [0.05, 0.1) is 78.1 Å². The topological polar surface area (TPSA) is 160 Å². The first-order valence-electron chi connectivity index (χ1n) is 22.9. The number of nitrogens with one attached hydrogen (secondary N) is 2. The average Bonchev–Trinajstić information content (AvgIpc) is 4.16. The van der Waals surface area contributed by atoms with Crippen LogP contribution in [0.3, 0.4) is 0 Å². The molecule has 1 atom stereocenters. The van der Waals surface area contributed by atoms with Crippen molar-refractivity contribution in [3.8, 4) is 28.5 Å². The minimum Gasteiger partial charge on any atom is -0.378 e. The van der Waals surface area contributed by atoms with Crippen molar-refractivity contribution in [2.24, 2.45) is 0 Å². The molecule has 1 aliphatic carbocycles. The second-order valence-electron chi connectivity index (χ2n) is 17.6. The number of benzene rings is 3. The largest absolute Gasteiger partial charge is 0.378 e. The zero-order valence-corrected chi connectivity index (χ0v) is 38.0. The monoisotopic (exact) mass is 914 g/mol. The van der Waals surface area contributed by atoms with Gasteiger partial charge in [-0.1, -0.05) is 36.4 Å². The fourth-order valence-electron chi connectivity index (χ4n) is 10.2. The number of anilines is 2. The quantitative estimate of drug-likeness (QED) is 0.143. The van der Waals surface area contributed by atoms with Crippen LogP contribution in [0.4, 0.5) is 20.2 Å². The number of hydrogen-bond donors (Lipinski definition) is 2. The SMILES string of the molecule is CC1=CC=CC2C1=C(n1c(C)nc3c(-c4n[nH]c(C)n4)cc(N4CCOCC4)cc31)C=CN2Cc1nc(-c2cc(N3CCOCC3)cc3c2nc(C)n3-c2ccnc3c(C(F)F)cccc23)n[nH]1. The number of para-hydroxylation sites is 1. The number of allylic oxidation sites excluding steroid dienone is 4. The smallest absolute Gasteiger partial charge is 0.265 e. The number of pyridine rings is 1. The number of aromatic nitrogens is 11. The minimum atomic E-state index is -2.67. The van der Waals surface area contributed by atoms with Gasteiger partial charge in [0.2, 0.25) is 0 Å². The van der Waals surface area contributed by atoms with Crippen molar-refractivity contribution < 1.29 is 18.3 Å². The van der Waals surface area contributed by atoms with Crippen LogP contribution in [-0.4, -0.2) is 118 Å². The van der Waals surface area contributed by atoms with E-state index in [0.29, 0.717) is 85.9 Å². The van der Waals surface area contributed by atoms with Crippen LogP contribution in [0.15, 0.2) is 96.4 Å². The van der Waals surface area contributed by atoms with Crippen LogP contribution >= 0.6 is 0 Å². The van der Waals surface area contributed by atoms with Gasteiger partial charge in [-0.25, -0.2) is 28.7 Å². The van der Waals surface area contributed by atoms with E-state index in [2.05, 4.69) is 108 Å². The minimum absolute atomic E-state index is 0.109. The second kappa shape index (κ2) is 16.6. The van der Waals surface area contributed by atoms with Crippen molar-refractivity contribution >= 4 is 50.0 Å². The van der Waals surface area contributed by atoms with E-state index in [-0.39, 0.29) is 17.1 Å². The van der Waals surface area contributed by atoms with Gasteiger partial charge in [-0.05, 0) is 69.7 Å². The number of aromatic amines is 2. The number of morpholine rings is 2. The van der Waals surface area contributed by atoms with E-state index in [1.165, 1.54) is 6.07 Å². The predicted molar refractivity (Wildman–Crippen MR) is 257 cm³/mol. The molecule has 68 heavy (non-hydrogen) atoms. The molecule has 5 aromatic heterocycles.